The molecular weight excluding hydrogens is 372 g/mol. The first-order chi connectivity index (χ1) is 13.4. The molecule has 0 saturated carbocycles. The number of hydrogen-bond donors (Lipinski definition) is 0. The summed E-state index contributed by atoms with van der Waals surface area (Å²) in [6, 6.07) is 15.0. The van der Waals surface area contributed by atoms with Gasteiger partial charge in [-0.05, 0) is 56.9 Å². The summed E-state index contributed by atoms with van der Waals surface area (Å²) in [6.45, 7) is 4.70. The molecule has 0 bridgehead atoms. The summed E-state index contributed by atoms with van der Waals surface area (Å²) >= 11 is 0. The van der Waals surface area contributed by atoms with Crippen LogP contribution in [0.1, 0.15) is 30.9 Å². The van der Waals surface area contributed by atoms with Crippen LogP contribution >= 0.6 is 0 Å². The molecule has 0 N–H and O–H groups in total. The van der Waals surface area contributed by atoms with Crippen molar-refractivity contribution in [2.45, 2.75) is 44.0 Å². The molecule has 0 radical (unpaired) electrons. The second kappa shape index (κ2) is 7.33. The van der Waals surface area contributed by atoms with Crippen molar-refractivity contribution >= 4 is 21.6 Å². The van der Waals surface area contributed by atoms with E-state index >= 15 is 0 Å². The lowest BCUT2D eigenvalue weighted by atomic mass is 9.97. The Bertz CT molecular complexity index is 985. The normalized spacial score (nSPS) is 22.9. The summed E-state index contributed by atoms with van der Waals surface area (Å²) in [7, 11) is -3.58. The van der Waals surface area contributed by atoms with Gasteiger partial charge in [-0.15, -0.1) is 0 Å². The minimum atomic E-state index is -3.58. The van der Waals surface area contributed by atoms with Crippen LogP contribution in [0.5, 0.6) is 0 Å². The maximum atomic E-state index is 13.3. The molecule has 2 heterocycles. The van der Waals surface area contributed by atoms with Gasteiger partial charge in [-0.1, -0.05) is 35.9 Å². The maximum absolute atomic E-state index is 13.3. The molecule has 2 aromatic rings. The predicted octanol–water partition coefficient (Wildman–Crippen LogP) is 3.37. The van der Waals surface area contributed by atoms with Gasteiger partial charge in [0.05, 0.1) is 10.8 Å². The molecule has 28 heavy (non-hydrogen) atoms. The van der Waals surface area contributed by atoms with Crippen LogP contribution in [0.3, 0.4) is 0 Å². The zero-order valence-electron chi connectivity index (χ0n) is 16.3. The van der Waals surface area contributed by atoms with Gasteiger partial charge in [0.1, 0.15) is 0 Å². The number of para-hydroxylation sites is 1. The average molecular weight is 399 g/mol. The van der Waals surface area contributed by atoms with Gasteiger partial charge in [0, 0.05) is 24.8 Å². The van der Waals surface area contributed by atoms with E-state index in [2.05, 4.69) is 13.0 Å². The number of hydrogen-bond acceptors (Lipinski definition) is 3. The summed E-state index contributed by atoms with van der Waals surface area (Å²) < 4.78 is 27.6. The van der Waals surface area contributed by atoms with Crippen molar-refractivity contribution < 1.29 is 13.2 Å². The van der Waals surface area contributed by atoms with Crippen molar-refractivity contribution in [3.8, 4) is 0 Å². The molecule has 0 aliphatic carbocycles. The highest BCUT2D eigenvalue weighted by molar-refractivity contribution is 7.89. The van der Waals surface area contributed by atoms with Crippen molar-refractivity contribution in [2.24, 2.45) is 5.92 Å². The van der Waals surface area contributed by atoms with Gasteiger partial charge in [-0.25, -0.2) is 8.42 Å². The summed E-state index contributed by atoms with van der Waals surface area (Å²) in [5.74, 6) is -0.260. The smallest absolute Gasteiger partial charge is 0.243 e. The molecule has 1 amide bonds. The van der Waals surface area contributed by atoms with E-state index in [1.807, 2.05) is 42.2 Å². The highest BCUT2D eigenvalue weighted by Crippen LogP contribution is 2.35. The summed E-state index contributed by atoms with van der Waals surface area (Å²) in [6.07, 6.45) is 2.27. The fraction of sp³-hybridized carbons (Fsp3) is 0.409. The largest absolute Gasteiger partial charge is 0.309 e. The molecule has 0 unspecified atom stereocenters. The first kappa shape index (κ1) is 19.2. The highest BCUT2D eigenvalue weighted by atomic mass is 32.2. The quantitative estimate of drug-likeness (QED) is 0.796. The van der Waals surface area contributed by atoms with Crippen LogP contribution in [-0.2, 0) is 21.2 Å². The third kappa shape index (κ3) is 3.35. The Balaban J connectivity index is 1.56. The van der Waals surface area contributed by atoms with E-state index in [9.17, 15) is 13.2 Å². The fourth-order valence-electron chi connectivity index (χ4n) is 4.32. The van der Waals surface area contributed by atoms with Gasteiger partial charge in [0.25, 0.3) is 0 Å². The van der Waals surface area contributed by atoms with E-state index in [4.69, 9.17) is 0 Å². The lowest BCUT2D eigenvalue weighted by molar-refractivity contribution is -0.123. The Labute approximate surface area is 167 Å². The molecule has 2 atom stereocenters. The Hall–Kier alpha value is -2.18. The van der Waals surface area contributed by atoms with Crippen molar-refractivity contribution in [1.82, 2.24) is 4.31 Å². The molecular formula is C22H26N2O3S. The first-order valence-electron chi connectivity index (χ1n) is 9.86. The number of amides is 1. The van der Waals surface area contributed by atoms with Crippen molar-refractivity contribution in [3.05, 3.63) is 59.7 Å². The molecule has 5 nitrogen and oxygen atoms in total. The van der Waals surface area contributed by atoms with Gasteiger partial charge in [-0.3, -0.25) is 4.79 Å². The Morgan fingerprint density at radius 2 is 1.79 bits per heavy atom. The number of benzene rings is 2. The number of piperidine rings is 1. The molecule has 1 saturated heterocycles. The molecule has 148 valence electrons. The molecule has 1 fully saturated rings. The van der Waals surface area contributed by atoms with E-state index in [0.29, 0.717) is 17.9 Å². The van der Waals surface area contributed by atoms with E-state index in [-0.39, 0.29) is 24.4 Å². The second-order valence-electron chi connectivity index (χ2n) is 7.91. The van der Waals surface area contributed by atoms with Gasteiger partial charge in [0.2, 0.25) is 15.9 Å². The van der Waals surface area contributed by atoms with Crippen LogP contribution in [0.25, 0.3) is 0 Å². The number of carbonyl (C=O) groups excluding carboxylic acids is 1. The molecule has 4 rings (SSSR count). The summed E-state index contributed by atoms with van der Waals surface area (Å²) in [5.41, 5.74) is 3.18. The van der Waals surface area contributed by atoms with E-state index in [1.165, 1.54) is 9.87 Å². The zero-order chi connectivity index (χ0) is 19.9. The second-order valence-corrected chi connectivity index (χ2v) is 9.84. The van der Waals surface area contributed by atoms with Gasteiger partial charge < -0.3 is 4.90 Å². The number of carbonyl (C=O) groups is 1. The number of rotatable bonds is 3. The van der Waals surface area contributed by atoms with E-state index in [0.717, 1.165) is 24.1 Å². The summed E-state index contributed by atoms with van der Waals surface area (Å²) in [5, 5.41) is 0. The third-order valence-corrected chi connectivity index (χ3v) is 7.72. The number of aryl methyl sites for hydroxylation is 1. The molecule has 2 aliphatic rings. The van der Waals surface area contributed by atoms with E-state index < -0.39 is 10.0 Å². The van der Waals surface area contributed by atoms with Crippen molar-refractivity contribution in [1.29, 1.82) is 0 Å². The van der Waals surface area contributed by atoms with Gasteiger partial charge in [0.15, 0.2) is 0 Å². The van der Waals surface area contributed by atoms with Crippen LogP contribution in [-0.4, -0.2) is 37.8 Å². The Kier molecular flexibility index (Phi) is 5.02. The molecule has 6 heteroatoms. The number of anilines is 1. The molecule has 2 aliphatic heterocycles. The van der Waals surface area contributed by atoms with Crippen LogP contribution in [0.15, 0.2) is 53.4 Å². The monoisotopic (exact) mass is 398 g/mol. The van der Waals surface area contributed by atoms with Crippen LogP contribution in [0.2, 0.25) is 0 Å². The lowest BCUT2D eigenvalue weighted by Gasteiger charge is -2.34. The van der Waals surface area contributed by atoms with E-state index in [1.54, 1.807) is 12.1 Å². The fourth-order valence-corrected chi connectivity index (χ4v) is 5.84. The Morgan fingerprint density at radius 1 is 1.07 bits per heavy atom. The van der Waals surface area contributed by atoms with Crippen molar-refractivity contribution in [2.75, 3.05) is 18.0 Å². The minimum Gasteiger partial charge on any atom is -0.309 e. The first-order valence-corrected chi connectivity index (χ1v) is 11.3. The molecule has 2 aromatic carbocycles. The highest BCUT2D eigenvalue weighted by Gasteiger charge is 2.39. The van der Waals surface area contributed by atoms with Crippen molar-refractivity contribution in [3.63, 3.8) is 0 Å². The standard InChI is InChI=1S/C22H26N2O3S/c1-16-9-11-20(12-10-16)28(26,27)23-13-5-7-19(15-23)22(25)24-17(2)14-18-6-3-4-8-21(18)24/h3-4,6,8-12,17,19H,5,7,13-15H2,1-2H3/t17-,19+/m1/s1. The van der Waals surface area contributed by atoms with Gasteiger partial charge in [-0.2, -0.15) is 4.31 Å². The number of sulfonamides is 1. The zero-order valence-corrected chi connectivity index (χ0v) is 17.2. The summed E-state index contributed by atoms with van der Waals surface area (Å²) in [4.78, 5) is 15.5. The maximum Gasteiger partial charge on any atom is 0.243 e. The van der Waals surface area contributed by atoms with Crippen LogP contribution in [0, 0.1) is 12.8 Å². The lowest BCUT2D eigenvalue weighted by Crippen LogP contribution is -2.48. The third-order valence-electron chi connectivity index (χ3n) is 5.84. The van der Waals surface area contributed by atoms with Crippen LogP contribution in [0.4, 0.5) is 5.69 Å². The molecule has 0 aromatic heterocycles. The number of fused-ring (bicyclic) bond motifs is 1. The molecule has 0 spiro atoms. The van der Waals surface area contributed by atoms with Gasteiger partial charge >= 0.3 is 0 Å². The average Bonchev–Trinajstić information content (AvgIpc) is 3.03. The minimum absolute atomic E-state index is 0.0428. The Morgan fingerprint density at radius 3 is 2.54 bits per heavy atom. The number of nitrogens with zero attached hydrogens (tertiary/aromatic N) is 2. The SMILES string of the molecule is Cc1ccc(S(=O)(=O)N2CCC[C@H](C(=O)N3c4ccccc4C[C@H]3C)C2)cc1. The topological polar surface area (TPSA) is 57.7 Å². The predicted molar refractivity (Wildman–Crippen MR) is 110 cm³/mol. The van der Waals surface area contributed by atoms with Crippen LogP contribution < -0.4 is 4.90 Å².